The first kappa shape index (κ1) is 14.3. The summed E-state index contributed by atoms with van der Waals surface area (Å²) in [7, 11) is 2.12. The fraction of sp³-hybridized carbons (Fsp3) is 0.688. The van der Waals surface area contributed by atoms with Gasteiger partial charge in [0.25, 0.3) is 0 Å². The molecule has 3 heteroatoms. The van der Waals surface area contributed by atoms with Crippen molar-refractivity contribution in [2.24, 2.45) is 5.92 Å². The Kier molecular flexibility index (Phi) is 4.81. The molecule has 2 rings (SSSR count). The second-order valence-electron chi connectivity index (χ2n) is 6.10. The largest absolute Gasteiger partial charge is 0.392 e. The molecule has 0 spiro atoms. The molecule has 0 aromatic carbocycles. The SMILES string of the molecule is CC(C)c1cc(CO)cc(N(C)CC2CCCC2)n1. The van der Waals surface area contributed by atoms with E-state index in [2.05, 4.69) is 25.8 Å². The van der Waals surface area contributed by atoms with E-state index in [9.17, 15) is 5.11 Å². The van der Waals surface area contributed by atoms with Crippen molar-refractivity contribution in [2.45, 2.75) is 52.1 Å². The van der Waals surface area contributed by atoms with Crippen molar-refractivity contribution in [3.63, 3.8) is 0 Å². The maximum absolute atomic E-state index is 9.39. The lowest BCUT2D eigenvalue weighted by Gasteiger charge is -2.23. The first-order chi connectivity index (χ1) is 9.10. The highest BCUT2D eigenvalue weighted by atomic mass is 16.3. The molecular formula is C16H26N2O. The topological polar surface area (TPSA) is 36.4 Å². The third kappa shape index (κ3) is 3.69. The van der Waals surface area contributed by atoms with Crippen LogP contribution in [0.2, 0.25) is 0 Å². The van der Waals surface area contributed by atoms with E-state index in [0.717, 1.165) is 29.5 Å². The van der Waals surface area contributed by atoms with Crippen LogP contribution in [0.4, 0.5) is 5.82 Å². The minimum Gasteiger partial charge on any atom is -0.392 e. The van der Waals surface area contributed by atoms with Crippen molar-refractivity contribution >= 4 is 5.82 Å². The molecule has 0 bridgehead atoms. The fourth-order valence-electron chi connectivity index (χ4n) is 2.85. The molecule has 0 unspecified atom stereocenters. The van der Waals surface area contributed by atoms with E-state index in [1.807, 2.05) is 12.1 Å². The van der Waals surface area contributed by atoms with E-state index in [-0.39, 0.29) is 6.61 Å². The molecule has 19 heavy (non-hydrogen) atoms. The number of hydrogen-bond acceptors (Lipinski definition) is 3. The first-order valence-corrected chi connectivity index (χ1v) is 7.43. The second-order valence-corrected chi connectivity index (χ2v) is 6.10. The van der Waals surface area contributed by atoms with Gasteiger partial charge in [0.15, 0.2) is 0 Å². The van der Waals surface area contributed by atoms with Crippen molar-refractivity contribution in [3.05, 3.63) is 23.4 Å². The number of aromatic nitrogens is 1. The summed E-state index contributed by atoms with van der Waals surface area (Å²) >= 11 is 0. The lowest BCUT2D eigenvalue weighted by atomic mass is 10.1. The molecule has 0 atom stereocenters. The predicted octanol–water partition coefficient (Wildman–Crippen LogP) is 3.32. The lowest BCUT2D eigenvalue weighted by molar-refractivity contribution is 0.281. The second kappa shape index (κ2) is 6.38. The molecular weight excluding hydrogens is 236 g/mol. The minimum absolute atomic E-state index is 0.0898. The molecule has 1 N–H and O–H groups in total. The van der Waals surface area contributed by atoms with Gasteiger partial charge in [0.2, 0.25) is 0 Å². The van der Waals surface area contributed by atoms with Gasteiger partial charge in [-0.3, -0.25) is 0 Å². The summed E-state index contributed by atoms with van der Waals surface area (Å²) in [5, 5.41) is 9.39. The van der Waals surface area contributed by atoms with Gasteiger partial charge >= 0.3 is 0 Å². The van der Waals surface area contributed by atoms with E-state index in [4.69, 9.17) is 4.98 Å². The zero-order valence-corrected chi connectivity index (χ0v) is 12.4. The Hall–Kier alpha value is -1.09. The van der Waals surface area contributed by atoms with Crippen LogP contribution in [0.5, 0.6) is 0 Å². The molecule has 1 aliphatic carbocycles. The molecule has 1 aromatic heterocycles. The fourth-order valence-corrected chi connectivity index (χ4v) is 2.85. The lowest BCUT2D eigenvalue weighted by Crippen LogP contribution is -2.25. The number of hydrogen-bond donors (Lipinski definition) is 1. The van der Waals surface area contributed by atoms with Crippen LogP contribution >= 0.6 is 0 Å². The first-order valence-electron chi connectivity index (χ1n) is 7.43. The van der Waals surface area contributed by atoms with Crippen LogP contribution in [0.1, 0.15) is 56.7 Å². The van der Waals surface area contributed by atoms with Crippen molar-refractivity contribution in [3.8, 4) is 0 Å². The highest BCUT2D eigenvalue weighted by Crippen LogP contribution is 2.27. The Morgan fingerprint density at radius 1 is 1.32 bits per heavy atom. The Morgan fingerprint density at radius 3 is 2.58 bits per heavy atom. The molecule has 0 saturated heterocycles. The van der Waals surface area contributed by atoms with Gasteiger partial charge in [-0.15, -0.1) is 0 Å². The van der Waals surface area contributed by atoms with Crippen LogP contribution in [0.15, 0.2) is 12.1 Å². The van der Waals surface area contributed by atoms with Gasteiger partial charge in [-0.05, 0) is 42.4 Å². The van der Waals surface area contributed by atoms with E-state index in [1.54, 1.807) is 0 Å². The van der Waals surface area contributed by atoms with Crippen molar-refractivity contribution < 1.29 is 5.11 Å². The number of rotatable bonds is 5. The Labute approximate surface area is 116 Å². The smallest absolute Gasteiger partial charge is 0.128 e. The van der Waals surface area contributed by atoms with E-state index >= 15 is 0 Å². The van der Waals surface area contributed by atoms with Crippen LogP contribution in [0.25, 0.3) is 0 Å². The third-order valence-corrected chi connectivity index (χ3v) is 4.06. The molecule has 1 saturated carbocycles. The molecule has 1 heterocycles. The Balaban J connectivity index is 2.14. The van der Waals surface area contributed by atoms with Crippen molar-refractivity contribution in [2.75, 3.05) is 18.5 Å². The van der Waals surface area contributed by atoms with Gasteiger partial charge in [-0.25, -0.2) is 4.98 Å². The molecule has 3 nitrogen and oxygen atoms in total. The normalized spacial score (nSPS) is 16.3. The highest BCUT2D eigenvalue weighted by Gasteiger charge is 2.18. The quantitative estimate of drug-likeness (QED) is 0.884. The molecule has 0 radical (unpaired) electrons. The van der Waals surface area contributed by atoms with Crippen LogP contribution in [-0.2, 0) is 6.61 Å². The Morgan fingerprint density at radius 2 is 2.00 bits per heavy atom. The molecule has 1 aromatic rings. The molecule has 0 amide bonds. The van der Waals surface area contributed by atoms with Crippen molar-refractivity contribution in [1.29, 1.82) is 0 Å². The van der Waals surface area contributed by atoms with E-state index in [1.165, 1.54) is 25.7 Å². The summed E-state index contributed by atoms with van der Waals surface area (Å²) in [6.45, 7) is 5.46. The van der Waals surface area contributed by atoms with Crippen LogP contribution in [0, 0.1) is 5.92 Å². The molecule has 1 aliphatic rings. The number of aliphatic hydroxyl groups is 1. The number of nitrogens with zero attached hydrogens (tertiary/aromatic N) is 2. The summed E-state index contributed by atoms with van der Waals surface area (Å²) in [4.78, 5) is 6.99. The number of pyridine rings is 1. The van der Waals surface area contributed by atoms with Crippen LogP contribution in [0.3, 0.4) is 0 Å². The maximum Gasteiger partial charge on any atom is 0.128 e. The summed E-state index contributed by atoms with van der Waals surface area (Å²) in [5.74, 6) is 2.21. The van der Waals surface area contributed by atoms with Gasteiger partial charge in [-0.1, -0.05) is 26.7 Å². The summed E-state index contributed by atoms with van der Waals surface area (Å²) < 4.78 is 0. The van der Waals surface area contributed by atoms with Gasteiger partial charge < -0.3 is 10.0 Å². The summed E-state index contributed by atoms with van der Waals surface area (Å²) in [5.41, 5.74) is 2.03. The minimum atomic E-state index is 0.0898. The summed E-state index contributed by atoms with van der Waals surface area (Å²) in [6.07, 6.45) is 5.45. The molecule has 106 valence electrons. The zero-order chi connectivity index (χ0) is 13.8. The van der Waals surface area contributed by atoms with Gasteiger partial charge in [-0.2, -0.15) is 0 Å². The van der Waals surface area contributed by atoms with Crippen LogP contribution in [-0.4, -0.2) is 23.7 Å². The predicted molar refractivity (Wildman–Crippen MR) is 79.5 cm³/mol. The van der Waals surface area contributed by atoms with E-state index < -0.39 is 0 Å². The van der Waals surface area contributed by atoms with Gasteiger partial charge in [0.05, 0.1) is 6.61 Å². The highest BCUT2D eigenvalue weighted by molar-refractivity contribution is 5.42. The molecule has 0 aliphatic heterocycles. The monoisotopic (exact) mass is 262 g/mol. The standard InChI is InChI=1S/C16H26N2O/c1-12(2)15-8-14(11-19)9-16(17-15)18(3)10-13-6-4-5-7-13/h8-9,12-13,19H,4-7,10-11H2,1-3H3. The molecule has 1 fully saturated rings. The third-order valence-electron chi connectivity index (χ3n) is 4.06. The number of anilines is 1. The maximum atomic E-state index is 9.39. The van der Waals surface area contributed by atoms with E-state index in [0.29, 0.717) is 5.92 Å². The van der Waals surface area contributed by atoms with Gasteiger partial charge in [0, 0.05) is 19.3 Å². The number of aliphatic hydroxyl groups excluding tert-OH is 1. The van der Waals surface area contributed by atoms with Crippen LogP contribution < -0.4 is 4.90 Å². The van der Waals surface area contributed by atoms with Gasteiger partial charge in [0.1, 0.15) is 5.82 Å². The van der Waals surface area contributed by atoms with Crippen molar-refractivity contribution in [1.82, 2.24) is 4.98 Å². The average Bonchev–Trinajstić information content (AvgIpc) is 2.90. The Bertz CT molecular complexity index is 411. The average molecular weight is 262 g/mol. The summed E-state index contributed by atoms with van der Waals surface area (Å²) in [6, 6.07) is 4.03. The zero-order valence-electron chi connectivity index (χ0n) is 12.4.